The van der Waals surface area contributed by atoms with E-state index in [0.717, 1.165) is 53.7 Å². The molecule has 0 unspecified atom stereocenters. The summed E-state index contributed by atoms with van der Waals surface area (Å²) < 4.78 is 11.4. The number of anilines is 1. The molecule has 1 fully saturated rings. The van der Waals surface area contributed by atoms with E-state index in [1.807, 2.05) is 61.2 Å². The molecule has 2 heterocycles. The molecule has 1 N–H and O–H groups in total. The van der Waals surface area contributed by atoms with Crippen molar-refractivity contribution < 1.29 is 13.9 Å². The highest BCUT2D eigenvalue weighted by atomic mass is 16.5. The SMILES string of the molecule is CCOc1ccc(NC(=O)N2CCN(Cc3nc(-c4ccccc4C)oc3C)CC2)cc1. The van der Waals surface area contributed by atoms with Gasteiger partial charge in [-0.25, -0.2) is 9.78 Å². The molecule has 0 spiro atoms. The van der Waals surface area contributed by atoms with Crippen molar-refractivity contribution in [3.8, 4) is 17.2 Å². The Morgan fingerprint density at radius 1 is 1.06 bits per heavy atom. The maximum Gasteiger partial charge on any atom is 0.321 e. The van der Waals surface area contributed by atoms with Crippen molar-refractivity contribution in [3.05, 3.63) is 65.5 Å². The normalized spacial score (nSPS) is 14.4. The van der Waals surface area contributed by atoms with Gasteiger partial charge >= 0.3 is 6.03 Å². The summed E-state index contributed by atoms with van der Waals surface area (Å²) in [5.41, 5.74) is 3.89. The number of hydrogen-bond donors (Lipinski definition) is 1. The molecule has 168 valence electrons. The van der Waals surface area contributed by atoms with Crippen LogP contribution < -0.4 is 10.1 Å². The van der Waals surface area contributed by atoms with E-state index in [1.165, 1.54) is 0 Å². The van der Waals surface area contributed by atoms with Crippen molar-refractivity contribution in [2.24, 2.45) is 0 Å². The Balaban J connectivity index is 1.30. The number of aryl methyl sites for hydroxylation is 2. The number of nitrogens with one attached hydrogen (secondary N) is 1. The van der Waals surface area contributed by atoms with Crippen LogP contribution in [0.25, 0.3) is 11.5 Å². The second-order valence-corrected chi connectivity index (χ2v) is 7.99. The summed E-state index contributed by atoms with van der Waals surface area (Å²) >= 11 is 0. The lowest BCUT2D eigenvalue weighted by atomic mass is 10.1. The largest absolute Gasteiger partial charge is 0.494 e. The fourth-order valence-corrected chi connectivity index (χ4v) is 3.83. The number of aromatic nitrogens is 1. The maximum absolute atomic E-state index is 12.6. The fraction of sp³-hybridized carbons (Fsp3) is 0.360. The molecule has 7 nitrogen and oxygen atoms in total. The number of carbonyl (C=O) groups is 1. The van der Waals surface area contributed by atoms with Gasteiger partial charge in [-0.05, 0) is 56.7 Å². The van der Waals surface area contributed by atoms with Gasteiger partial charge in [0.15, 0.2) is 0 Å². The van der Waals surface area contributed by atoms with Crippen molar-refractivity contribution in [3.63, 3.8) is 0 Å². The average molecular weight is 435 g/mol. The second kappa shape index (κ2) is 9.87. The van der Waals surface area contributed by atoms with Gasteiger partial charge in [0.25, 0.3) is 0 Å². The summed E-state index contributed by atoms with van der Waals surface area (Å²) in [6.45, 7) is 10.2. The van der Waals surface area contributed by atoms with E-state index in [-0.39, 0.29) is 6.03 Å². The van der Waals surface area contributed by atoms with Gasteiger partial charge in [0, 0.05) is 44.0 Å². The van der Waals surface area contributed by atoms with Gasteiger partial charge in [-0.3, -0.25) is 4.90 Å². The summed E-state index contributed by atoms with van der Waals surface area (Å²) in [6.07, 6.45) is 0. The minimum absolute atomic E-state index is 0.0757. The molecule has 1 aliphatic heterocycles. The van der Waals surface area contributed by atoms with Gasteiger partial charge in [-0.15, -0.1) is 0 Å². The van der Waals surface area contributed by atoms with Gasteiger partial charge in [-0.1, -0.05) is 18.2 Å². The number of nitrogens with zero attached hydrogens (tertiary/aromatic N) is 3. The molecule has 0 aliphatic carbocycles. The van der Waals surface area contributed by atoms with Crippen LogP contribution >= 0.6 is 0 Å². The van der Waals surface area contributed by atoms with Crippen LogP contribution in [-0.2, 0) is 6.54 Å². The zero-order valence-electron chi connectivity index (χ0n) is 18.9. The molecule has 2 amide bonds. The average Bonchev–Trinajstić information content (AvgIpc) is 3.16. The van der Waals surface area contributed by atoms with Crippen molar-refractivity contribution in [2.45, 2.75) is 27.3 Å². The summed E-state index contributed by atoms with van der Waals surface area (Å²) in [7, 11) is 0. The lowest BCUT2D eigenvalue weighted by Gasteiger charge is -2.34. The molecule has 0 bridgehead atoms. The molecule has 2 aromatic carbocycles. The molecule has 0 saturated carbocycles. The van der Waals surface area contributed by atoms with Crippen molar-refractivity contribution in [1.82, 2.24) is 14.8 Å². The predicted octanol–water partition coefficient (Wildman–Crippen LogP) is 4.71. The van der Waals surface area contributed by atoms with Crippen LogP contribution in [0.1, 0.15) is 23.9 Å². The number of hydrogen-bond acceptors (Lipinski definition) is 5. The first-order chi connectivity index (χ1) is 15.5. The third-order valence-corrected chi connectivity index (χ3v) is 5.72. The first-order valence-electron chi connectivity index (χ1n) is 11.1. The second-order valence-electron chi connectivity index (χ2n) is 7.99. The Hall–Kier alpha value is -3.32. The molecule has 1 aromatic heterocycles. The number of ether oxygens (including phenoxy) is 1. The first-order valence-corrected chi connectivity index (χ1v) is 11.1. The van der Waals surface area contributed by atoms with Crippen LogP contribution in [0.2, 0.25) is 0 Å². The van der Waals surface area contributed by atoms with Crippen LogP contribution in [0.4, 0.5) is 10.5 Å². The number of amides is 2. The summed E-state index contributed by atoms with van der Waals surface area (Å²) in [4.78, 5) is 21.5. The molecular formula is C25H30N4O3. The fourth-order valence-electron chi connectivity index (χ4n) is 3.83. The van der Waals surface area contributed by atoms with Crippen molar-refractivity contribution in [1.29, 1.82) is 0 Å². The molecule has 7 heteroatoms. The van der Waals surface area contributed by atoms with E-state index >= 15 is 0 Å². The van der Waals surface area contributed by atoms with Crippen molar-refractivity contribution >= 4 is 11.7 Å². The van der Waals surface area contributed by atoms with Crippen molar-refractivity contribution in [2.75, 3.05) is 38.1 Å². The van der Waals surface area contributed by atoms with E-state index in [1.54, 1.807) is 0 Å². The number of rotatable bonds is 6. The Labute approximate surface area is 189 Å². The number of urea groups is 1. The Morgan fingerprint density at radius 2 is 1.78 bits per heavy atom. The third-order valence-electron chi connectivity index (χ3n) is 5.72. The van der Waals surface area contributed by atoms with Gasteiger partial charge in [-0.2, -0.15) is 0 Å². The van der Waals surface area contributed by atoms with Crippen LogP contribution in [0.5, 0.6) is 5.75 Å². The maximum atomic E-state index is 12.6. The third kappa shape index (κ3) is 5.11. The summed E-state index contributed by atoms with van der Waals surface area (Å²) in [6, 6.07) is 15.5. The highest BCUT2D eigenvalue weighted by molar-refractivity contribution is 5.89. The molecule has 0 atom stereocenters. The smallest absolute Gasteiger partial charge is 0.321 e. The number of carbonyl (C=O) groups excluding carboxylic acids is 1. The summed E-state index contributed by atoms with van der Waals surface area (Å²) in [5, 5.41) is 2.97. The zero-order chi connectivity index (χ0) is 22.5. The molecule has 0 radical (unpaired) electrons. The van der Waals surface area contributed by atoms with E-state index in [2.05, 4.69) is 23.2 Å². The van der Waals surface area contributed by atoms with Gasteiger partial charge in [0.05, 0.1) is 12.3 Å². The minimum atomic E-state index is -0.0757. The van der Waals surface area contributed by atoms with E-state index < -0.39 is 0 Å². The Kier molecular flexibility index (Phi) is 6.75. The highest BCUT2D eigenvalue weighted by Gasteiger charge is 2.23. The van der Waals surface area contributed by atoms with E-state index in [0.29, 0.717) is 25.6 Å². The van der Waals surface area contributed by atoms with Crippen LogP contribution in [0.3, 0.4) is 0 Å². The van der Waals surface area contributed by atoms with Crippen LogP contribution in [0.15, 0.2) is 52.9 Å². The van der Waals surface area contributed by atoms with E-state index in [9.17, 15) is 4.79 Å². The lowest BCUT2D eigenvalue weighted by molar-refractivity contribution is 0.141. The first kappa shape index (κ1) is 21.9. The monoisotopic (exact) mass is 434 g/mol. The molecule has 32 heavy (non-hydrogen) atoms. The predicted molar refractivity (Wildman–Crippen MR) is 125 cm³/mol. The standard InChI is InChI=1S/C25H30N4O3/c1-4-31-21-11-9-20(10-12-21)26-25(30)29-15-13-28(14-16-29)17-23-19(3)32-24(27-23)22-8-6-5-7-18(22)2/h5-12H,4,13-17H2,1-3H3,(H,26,30). The Morgan fingerprint density at radius 3 is 2.47 bits per heavy atom. The van der Waals surface area contributed by atoms with E-state index in [4.69, 9.17) is 14.1 Å². The summed E-state index contributed by atoms with van der Waals surface area (Å²) in [5.74, 6) is 2.32. The van der Waals surface area contributed by atoms with Gasteiger partial charge in [0.2, 0.25) is 5.89 Å². The highest BCUT2D eigenvalue weighted by Crippen LogP contribution is 2.25. The number of piperazine rings is 1. The Bertz CT molecular complexity index is 1050. The van der Waals surface area contributed by atoms with Crippen LogP contribution in [0, 0.1) is 13.8 Å². The molecular weight excluding hydrogens is 404 g/mol. The minimum Gasteiger partial charge on any atom is -0.494 e. The quantitative estimate of drug-likeness (QED) is 0.609. The van der Waals surface area contributed by atoms with Crippen LogP contribution in [-0.4, -0.2) is 53.6 Å². The molecule has 1 saturated heterocycles. The zero-order valence-corrected chi connectivity index (χ0v) is 18.9. The molecule has 3 aromatic rings. The number of oxazole rings is 1. The molecule has 1 aliphatic rings. The number of benzene rings is 2. The van der Waals surface area contributed by atoms with Gasteiger partial charge in [0.1, 0.15) is 11.5 Å². The van der Waals surface area contributed by atoms with Gasteiger partial charge < -0.3 is 19.4 Å². The molecule has 4 rings (SSSR count). The lowest BCUT2D eigenvalue weighted by Crippen LogP contribution is -2.49. The topological polar surface area (TPSA) is 70.8 Å².